The molecule has 1 saturated heterocycles. The van der Waals surface area contributed by atoms with Crippen LogP contribution in [0.5, 0.6) is 0 Å². The summed E-state index contributed by atoms with van der Waals surface area (Å²) in [6.45, 7) is 2.65. The number of piperazine rings is 1. The van der Waals surface area contributed by atoms with Crippen molar-refractivity contribution >= 4 is 23.3 Å². The summed E-state index contributed by atoms with van der Waals surface area (Å²) in [4.78, 5) is 16.2. The molecule has 12 heteroatoms. The van der Waals surface area contributed by atoms with Crippen LogP contribution in [0.2, 0.25) is 5.02 Å². The monoisotopic (exact) mass is 465 g/mol. The van der Waals surface area contributed by atoms with E-state index in [1.807, 2.05) is 12.1 Å². The molecule has 2 amide bonds. The van der Waals surface area contributed by atoms with Gasteiger partial charge in [0, 0.05) is 36.9 Å². The number of tetrazole rings is 1. The molecular formula is C20H19ClF3N7O. The molecule has 3 aromatic rings. The molecule has 1 fully saturated rings. The van der Waals surface area contributed by atoms with Crippen LogP contribution < -0.4 is 5.32 Å². The number of anilines is 1. The van der Waals surface area contributed by atoms with Gasteiger partial charge in [-0.05, 0) is 59.0 Å². The Morgan fingerprint density at radius 3 is 2.28 bits per heavy atom. The number of nitrogens with zero attached hydrogens (tertiary/aromatic N) is 6. The Balaban J connectivity index is 1.31. The predicted molar refractivity (Wildman–Crippen MR) is 111 cm³/mol. The lowest BCUT2D eigenvalue weighted by Gasteiger charge is -2.34. The number of rotatable bonds is 4. The number of benzene rings is 2. The van der Waals surface area contributed by atoms with Crippen molar-refractivity contribution in [3.05, 3.63) is 64.9 Å². The van der Waals surface area contributed by atoms with Gasteiger partial charge in [-0.2, -0.15) is 17.9 Å². The summed E-state index contributed by atoms with van der Waals surface area (Å²) < 4.78 is 39.6. The van der Waals surface area contributed by atoms with E-state index in [9.17, 15) is 18.0 Å². The number of nitrogens with one attached hydrogen (secondary N) is 1. The fraction of sp³-hybridized carbons (Fsp3) is 0.300. The summed E-state index contributed by atoms with van der Waals surface area (Å²) in [5.74, 6) is 0.662. The van der Waals surface area contributed by atoms with Crippen LogP contribution in [0.3, 0.4) is 0 Å². The number of carbonyl (C=O) groups excluding carboxylic acids is 1. The predicted octanol–water partition coefficient (Wildman–Crippen LogP) is 3.68. The van der Waals surface area contributed by atoms with Gasteiger partial charge in [-0.1, -0.05) is 11.6 Å². The standard InChI is InChI=1S/C20H19ClF3N7O/c21-15-3-7-17(8-4-15)31-18(26-27-28-31)13-29-9-11-30(12-10-29)19(32)25-16-5-1-14(2-6-16)20(22,23)24/h1-8H,9-13H2,(H,25,32). The van der Waals surface area contributed by atoms with Crippen LogP contribution >= 0.6 is 11.6 Å². The topological polar surface area (TPSA) is 79.2 Å². The Labute approximate surface area is 186 Å². The van der Waals surface area contributed by atoms with E-state index in [4.69, 9.17) is 11.6 Å². The van der Waals surface area contributed by atoms with E-state index >= 15 is 0 Å². The SMILES string of the molecule is O=C(Nc1ccc(C(F)(F)F)cc1)N1CCN(Cc2nnnn2-c2ccc(Cl)cc2)CC1. The number of aromatic nitrogens is 4. The Kier molecular flexibility index (Phi) is 6.28. The van der Waals surface area contributed by atoms with Crippen LogP contribution in [0, 0.1) is 0 Å². The third kappa shape index (κ3) is 5.17. The number of halogens is 4. The summed E-state index contributed by atoms with van der Waals surface area (Å²) in [5.41, 5.74) is 0.349. The maximum absolute atomic E-state index is 12.7. The number of amides is 2. The van der Waals surface area contributed by atoms with Gasteiger partial charge in [0.15, 0.2) is 5.82 Å². The molecule has 0 atom stereocenters. The largest absolute Gasteiger partial charge is 0.416 e. The van der Waals surface area contributed by atoms with Gasteiger partial charge in [0.25, 0.3) is 0 Å². The summed E-state index contributed by atoms with van der Waals surface area (Å²) in [6, 6.07) is 11.2. The van der Waals surface area contributed by atoms with Crippen molar-refractivity contribution in [2.45, 2.75) is 12.7 Å². The molecule has 0 saturated carbocycles. The first-order chi connectivity index (χ1) is 15.3. The Hall–Kier alpha value is -3.18. The fourth-order valence-electron chi connectivity index (χ4n) is 3.34. The van der Waals surface area contributed by atoms with Gasteiger partial charge in [0.05, 0.1) is 17.8 Å². The van der Waals surface area contributed by atoms with E-state index in [0.717, 1.165) is 17.8 Å². The zero-order valence-corrected chi connectivity index (χ0v) is 17.5. The highest BCUT2D eigenvalue weighted by atomic mass is 35.5. The van der Waals surface area contributed by atoms with Crippen LogP contribution in [-0.2, 0) is 12.7 Å². The van der Waals surface area contributed by atoms with Gasteiger partial charge in [-0.15, -0.1) is 5.10 Å². The van der Waals surface area contributed by atoms with Crippen LogP contribution in [0.4, 0.5) is 23.7 Å². The maximum atomic E-state index is 12.7. The third-order valence-corrected chi connectivity index (χ3v) is 5.35. The third-order valence-electron chi connectivity index (χ3n) is 5.09. The van der Waals surface area contributed by atoms with E-state index in [-0.39, 0.29) is 6.03 Å². The first-order valence-corrected chi connectivity index (χ1v) is 10.2. The number of alkyl halides is 3. The molecule has 1 aliphatic rings. The Morgan fingerprint density at radius 2 is 1.66 bits per heavy atom. The van der Waals surface area contributed by atoms with Gasteiger partial charge in [-0.3, -0.25) is 4.90 Å². The molecule has 32 heavy (non-hydrogen) atoms. The molecule has 1 aromatic heterocycles. The number of hydrogen-bond acceptors (Lipinski definition) is 5. The van der Waals surface area contributed by atoms with Gasteiger partial charge in [-0.25, -0.2) is 4.79 Å². The molecule has 2 heterocycles. The highest BCUT2D eigenvalue weighted by molar-refractivity contribution is 6.30. The maximum Gasteiger partial charge on any atom is 0.416 e. The molecule has 2 aromatic carbocycles. The second-order valence-electron chi connectivity index (χ2n) is 7.25. The molecule has 4 rings (SSSR count). The van der Waals surface area contributed by atoms with Crippen LogP contribution in [0.25, 0.3) is 5.69 Å². The van der Waals surface area contributed by atoms with E-state index in [1.54, 1.807) is 21.7 Å². The molecule has 0 unspecified atom stereocenters. The molecule has 0 bridgehead atoms. The fourth-order valence-corrected chi connectivity index (χ4v) is 3.47. The molecule has 8 nitrogen and oxygen atoms in total. The van der Waals surface area contributed by atoms with Crippen molar-refractivity contribution in [3.8, 4) is 5.69 Å². The van der Waals surface area contributed by atoms with Gasteiger partial charge >= 0.3 is 12.2 Å². The highest BCUT2D eigenvalue weighted by Crippen LogP contribution is 2.29. The number of hydrogen-bond donors (Lipinski definition) is 1. The van der Waals surface area contributed by atoms with Crippen molar-refractivity contribution in [1.29, 1.82) is 0 Å². The van der Waals surface area contributed by atoms with Gasteiger partial charge in [0.1, 0.15) is 0 Å². The van der Waals surface area contributed by atoms with E-state index < -0.39 is 11.7 Å². The molecular weight excluding hydrogens is 447 g/mol. The van der Waals surface area contributed by atoms with Crippen LogP contribution in [0.15, 0.2) is 48.5 Å². The zero-order valence-electron chi connectivity index (χ0n) is 16.8. The van der Waals surface area contributed by atoms with Crippen molar-refractivity contribution in [2.75, 3.05) is 31.5 Å². The first-order valence-electron chi connectivity index (χ1n) is 9.78. The van der Waals surface area contributed by atoms with Crippen molar-refractivity contribution in [1.82, 2.24) is 30.0 Å². The highest BCUT2D eigenvalue weighted by Gasteiger charge is 2.30. The minimum absolute atomic E-state index is 0.313. The van der Waals surface area contributed by atoms with Crippen LogP contribution in [0.1, 0.15) is 11.4 Å². The quantitative estimate of drug-likeness (QED) is 0.636. The van der Waals surface area contributed by atoms with E-state index in [1.165, 1.54) is 12.1 Å². The van der Waals surface area contributed by atoms with Crippen molar-refractivity contribution in [2.24, 2.45) is 0 Å². The number of urea groups is 1. The lowest BCUT2D eigenvalue weighted by Crippen LogP contribution is -2.49. The normalized spacial score (nSPS) is 15.1. The molecule has 168 valence electrons. The average molecular weight is 466 g/mol. The van der Waals surface area contributed by atoms with E-state index in [2.05, 4.69) is 25.7 Å². The number of carbonyl (C=O) groups is 1. The minimum Gasteiger partial charge on any atom is -0.322 e. The Bertz CT molecular complexity index is 1060. The van der Waals surface area contributed by atoms with Gasteiger partial charge < -0.3 is 10.2 Å². The molecule has 1 N–H and O–H groups in total. The van der Waals surface area contributed by atoms with Crippen molar-refractivity contribution in [3.63, 3.8) is 0 Å². The summed E-state index contributed by atoms with van der Waals surface area (Å²) >= 11 is 5.93. The molecule has 0 radical (unpaired) electrons. The van der Waals surface area contributed by atoms with Crippen LogP contribution in [-0.4, -0.2) is 62.2 Å². The Morgan fingerprint density at radius 1 is 1.00 bits per heavy atom. The first kappa shape index (κ1) is 22.0. The van der Waals surface area contributed by atoms with Crippen molar-refractivity contribution < 1.29 is 18.0 Å². The van der Waals surface area contributed by atoms with Gasteiger partial charge in [0.2, 0.25) is 0 Å². The molecule has 0 spiro atoms. The summed E-state index contributed by atoms with van der Waals surface area (Å²) in [5, 5.41) is 15.1. The average Bonchev–Trinajstić information content (AvgIpc) is 3.22. The molecule has 1 aliphatic heterocycles. The molecule has 0 aliphatic carbocycles. The smallest absolute Gasteiger partial charge is 0.322 e. The zero-order chi connectivity index (χ0) is 22.7. The lowest BCUT2D eigenvalue weighted by atomic mass is 10.2. The summed E-state index contributed by atoms with van der Waals surface area (Å²) in [6.07, 6.45) is -4.41. The lowest BCUT2D eigenvalue weighted by molar-refractivity contribution is -0.137. The summed E-state index contributed by atoms with van der Waals surface area (Å²) in [7, 11) is 0. The van der Waals surface area contributed by atoms with E-state index in [0.29, 0.717) is 49.3 Å². The minimum atomic E-state index is -4.41. The second kappa shape index (κ2) is 9.13. The second-order valence-corrected chi connectivity index (χ2v) is 7.69.